The fourth-order valence-electron chi connectivity index (χ4n) is 6.77. The second-order valence-electron chi connectivity index (χ2n) is 18.3. The maximum absolute atomic E-state index is 12.7. The number of nitrogens with zero attached hydrogens (tertiary/aromatic N) is 3. The summed E-state index contributed by atoms with van der Waals surface area (Å²) in [7, 11) is -8.99. The summed E-state index contributed by atoms with van der Waals surface area (Å²) in [5, 5.41) is 44.5. The van der Waals surface area contributed by atoms with Crippen LogP contribution in [0.25, 0.3) is 0 Å². The topological polar surface area (TPSA) is 298 Å². The number of amides is 2. The van der Waals surface area contributed by atoms with E-state index in [4.69, 9.17) is 37.0 Å². The number of aliphatic hydroxyl groups excluding tert-OH is 3. The van der Waals surface area contributed by atoms with Crippen molar-refractivity contribution >= 4 is 27.5 Å². The highest BCUT2D eigenvalue weighted by atomic mass is 31.2. The Balaban J connectivity index is 1.20. The Kier molecular flexibility index (Phi) is 23.4. The van der Waals surface area contributed by atoms with E-state index in [9.17, 15) is 43.8 Å². The van der Waals surface area contributed by atoms with Crippen LogP contribution in [-0.4, -0.2) is 152 Å². The number of aromatic nitrogens is 3. The summed E-state index contributed by atoms with van der Waals surface area (Å²) in [4.78, 5) is 45.2. The Labute approximate surface area is 376 Å². The highest BCUT2D eigenvalue weighted by molar-refractivity contribution is 7.47. The minimum Gasteiger partial charge on any atom is -0.396 e. The predicted molar refractivity (Wildman–Crippen MR) is 230 cm³/mol. The summed E-state index contributed by atoms with van der Waals surface area (Å²) in [5.41, 5.74) is -0.505. The molecule has 0 radical (unpaired) electrons. The van der Waals surface area contributed by atoms with Gasteiger partial charge in [0, 0.05) is 38.5 Å². The number of aryl methyl sites for hydroxylation is 1. The molecule has 0 spiro atoms. The molecule has 7 N–H and O–H groups in total. The lowest BCUT2D eigenvalue weighted by atomic mass is 10.0. The molecule has 22 nitrogen and oxygen atoms in total. The van der Waals surface area contributed by atoms with Gasteiger partial charge >= 0.3 is 15.6 Å². The molecule has 3 rings (SSSR count). The van der Waals surface area contributed by atoms with Gasteiger partial charge in [-0.05, 0) is 87.5 Å². The van der Waals surface area contributed by atoms with Crippen LogP contribution >= 0.6 is 15.6 Å². The van der Waals surface area contributed by atoms with Crippen molar-refractivity contribution in [1.29, 1.82) is 0 Å². The Bertz CT molecular complexity index is 1640. The summed E-state index contributed by atoms with van der Waals surface area (Å²) in [6, 6.07) is 0. The van der Waals surface area contributed by atoms with E-state index in [-0.39, 0.29) is 64.2 Å². The first-order valence-corrected chi connectivity index (χ1v) is 25.2. The van der Waals surface area contributed by atoms with Gasteiger partial charge in [0.05, 0.1) is 62.6 Å². The van der Waals surface area contributed by atoms with Gasteiger partial charge in [0.25, 0.3) is 0 Å². The number of nitrogens with one attached hydrogen (secondary N) is 2. The number of hydrogen-bond donors (Lipinski definition) is 7. The van der Waals surface area contributed by atoms with Gasteiger partial charge in [-0.2, -0.15) is 0 Å². The lowest BCUT2D eigenvalue weighted by Gasteiger charge is -2.29. The fourth-order valence-corrected chi connectivity index (χ4v) is 8.57. The molecule has 0 bridgehead atoms. The zero-order valence-corrected chi connectivity index (χ0v) is 40.5. The molecular weight excluding hydrogens is 884 g/mol. The Hall–Kier alpha value is -1.98. The number of rotatable bonds is 30. The number of aliphatic hydroxyl groups is 3. The Morgan fingerprint density at radius 3 is 2.11 bits per heavy atom. The molecule has 2 amide bonds. The molecule has 0 aliphatic carbocycles. The number of hydrogen-bond acceptors (Lipinski definition) is 17. The third-order valence-corrected chi connectivity index (χ3v) is 12.2. The first-order valence-electron chi connectivity index (χ1n) is 22.2. The van der Waals surface area contributed by atoms with Crippen LogP contribution in [0, 0.1) is 5.92 Å². The molecule has 64 heavy (non-hydrogen) atoms. The lowest BCUT2D eigenvalue weighted by molar-refractivity contribution is -0.122. The normalized spacial score (nSPS) is 26.4. The monoisotopic (exact) mass is 959 g/mol. The standard InChI is InChI=1S/C40H75N5O17P2/c1-27-35(49)37(61-40(6,7)8)32(60-27)26-58-63(51,52)56-20-13-9-10-16-34(48)42-21-30-22-45(44-43-30)19-14-17-33(47)41-18-12-11-15-29(23-46)24-57-64(53,54)62-38-31(25-55-39(3,4)5)59-28(2)36(38)50/h22,27-29,31-32,35-38,46,49-50H,9-21,23-26H2,1-8H3,(H,41,47)(H,42,48)(H,51,52)(H,53,54)/t27-,28-,29?,31+,32+,35+,36+,37?,38?/m0/s1. The number of phosphoric acid groups is 2. The molecule has 3 heterocycles. The smallest absolute Gasteiger partial charge is 0.396 e. The van der Waals surface area contributed by atoms with Crippen molar-refractivity contribution in [2.45, 2.75) is 186 Å². The fraction of sp³-hybridized carbons (Fsp3) is 0.900. The minimum atomic E-state index is -4.61. The number of unbranched alkanes of at least 4 members (excludes halogenated alkanes) is 3. The molecule has 24 heteroatoms. The van der Waals surface area contributed by atoms with Gasteiger partial charge in [-0.1, -0.05) is 18.1 Å². The first kappa shape index (κ1) is 56.3. The van der Waals surface area contributed by atoms with Crippen LogP contribution in [0.15, 0.2) is 6.20 Å². The molecule has 5 unspecified atom stereocenters. The van der Waals surface area contributed by atoms with Gasteiger partial charge in [-0.25, -0.2) is 9.13 Å². The molecule has 0 saturated carbocycles. The minimum absolute atomic E-state index is 0.0438. The summed E-state index contributed by atoms with van der Waals surface area (Å²) < 4.78 is 70.3. The average Bonchev–Trinajstić information content (AvgIpc) is 3.85. The van der Waals surface area contributed by atoms with E-state index in [1.54, 1.807) is 24.7 Å². The van der Waals surface area contributed by atoms with Crippen molar-refractivity contribution < 1.29 is 80.9 Å². The maximum atomic E-state index is 12.7. The zero-order chi connectivity index (χ0) is 47.7. The summed E-state index contributed by atoms with van der Waals surface area (Å²) in [6.45, 7) is 14.6. The van der Waals surface area contributed by atoms with Gasteiger partial charge < -0.3 is 54.7 Å². The quantitative estimate of drug-likeness (QED) is 0.0431. The Morgan fingerprint density at radius 1 is 0.812 bits per heavy atom. The van der Waals surface area contributed by atoms with E-state index in [0.717, 1.165) is 0 Å². The van der Waals surface area contributed by atoms with Crippen molar-refractivity contribution in [2.24, 2.45) is 5.92 Å². The van der Waals surface area contributed by atoms with Crippen LogP contribution in [0.2, 0.25) is 0 Å². The van der Waals surface area contributed by atoms with E-state index < -0.39 is 81.6 Å². The number of carbonyl (C=O) groups is 2. The van der Waals surface area contributed by atoms with E-state index in [2.05, 4.69) is 20.9 Å². The molecule has 1 aromatic heterocycles. The van der Waals surface area contributed by atoms with E-state index in [0.29, 0.717) is 63.7 Å². The molecule has 2 saturated heterocycles. The van der Waals surface area contributed by atoms with Crippen LogP contribution in [0.4, 0.5) is 0 Å². The van der Waals surface area contributed by atoms with E-state index >= 15 is 0 Å². The van der Waals surface area contributed by atoms with Gasteiger partial charge in [0.2, 0.25) is 11.8 Å². The van der Waals surface area contributed by atoms with Crippen molar-refractivity contribution in [3.63, 3.8) is 0 Å². The predicted octanol–water partition coefficient (Wildman–Crippen LogP) is 3.06. The van der Waals surface area contributed by atoms with Crippen LogP contribution in [0.5, 0.6) is 0 Å². The van der Waals surface area contributed by atoms with Crippen molar-refractivity contribution in [2.75, 3.05) is 39.6 Å². The highest BCUT2D eigenvalue weighted by Crippen LogP contribution is 2.48. The first-order chi connectivity index (χ1) is 29.9. The average molecular weight is 960 g/mol. The molecule has 11 atom stereocenters. The van der Waals surface area contributed by atoms with Crippen molar-refractivity contribution in [1.82, 2.24) is 25.6 Å². The SMILES string of the molecule is C[C@@H]1O[C@H](COP(=O)(O)OCCCCCC(=O)NCc2cn(CCCC(=O)NCCCCC(CO)COP(=O)(O)OC3[C@@H](COC(C)(C)C)O[C@@H](C)[C@H]3O)nn2)C(OC(C)(C)C)[C@@H]1O. The second-order valence-corrected chi connectivity index (χ2v) is 21.2. The molecule has 2 fully saturated rings. The summed E-state index contributed by atoms with van der Waals surface area (Å²) in [5.74, 6) is -0.774. The van der Waals surface area contributed by atoms with Crippen LogP contribution in [-0.2, 0) is 68.9 Å². The van der Waals surface area contributed by atoms with E-state index in [1.165, 1.54) is 0 Å². The van der Waals surface area contributed by atoms with Crippen LogP contribution < -0.4 is 10.6 Å². The highest BCUT2D eigenvalue weighted by Gasteiger charge is 2.47. The van der Waals surface area contributed by atoms with Crippen molar-refractivity contribution in [3.05, 3.63) is 11.9 Å². The summed E-state index contributed by atoms with van der Waals surface area (Å²) in [6.07, 6.45) is -0.702. The van der Waals surface area contributed by atoms with Gasteiger partial charge in [-0.15, -0.1) is 5.10 Å². The lowest BCUT2D eigenvalue weighted by Crippen LogP contribution is -2.41. The van der Waals surface area contributed by atoms with Gasteiger partial charge in [-0.3, -0.25) is 32.4 Å². The summed E-state index contributed by atoms with van der Waals surface area (Å²) >= 11 is 0. The van der Waals surface area contributed by atoms with Crippen LogP contribution in [0.3, 0.4) is 0 Å². The molecule has 0 aromatic carbocycles. The molecule has 2 aliphatic heterocycles. The largest absolute Gasteiger partial charge is 0.472 e. The van der Waals surface area contributed by atoms with E-state index in [1.807, 2.05) is 41.5 Å². The van der Waals surface area contributed by atoms with Crippen molar-refractivity contribution in [3.8, 4) is 0 Å². The molecule has 2 aliphatic rings. The number of phosphoric ester groups is 2. The van der Waals surface area contributed by atoms with Gasteiger partial charge in [0.1, 0.15) is 42.3 Å². The maximum Gasteiger partial charge on any atom is 0.472 e. The van der Waals surface area contributed by atoms with Crippen LogP contribution in [0.1, 0.15) is 119 Å². The molecule has 372 valence electrons. The zero-order valence-electron chi connectivity index (χ0n) is 38.7. The number of carbonyl (C=O) groups excluding carboxylic acids is 2. The number of ether oxygens (including phenoxy) is 4. The molecular formula is C40H75N5O17P2. The third kappa shape index (κ3) is 21.8. The second kappa shape index (κ2) is 26.5. The third-order valence-electron chi connectivity index (χ3n) is 10.2. The Morgan fingerprint density at radius 2 is 1.45 bits per heavy atom. The molecule has 1 aromatic rings. The van der Waals surface area contributed by atoms with Gasteiger partial charge in [0.15, 0.2) is 0 Å².